The van der Waals surface area contributed by atoms with Crippen LogP contribution in [-0.2, 0) is 0 Å². The molecule has 5 nitrogen and oxygen atoms in total. The molecule has 0 aliphatic heterocycles. The molecular formula is C12H13N3O2S. The van der Waals surface area contributed by atoms with Crippen LogP contribution in [0.5, 0.6) is 0 Å². The van der Waals surface area contributed by atoms with Gasteiger partial charge in [-0.3, -0.25) is 0 Å². The van der Waals surface area contributed by atoms with E-state index in [1.165, 1.54) is 36.2 Å². The lowest BCUT2D eigenvalue weighted by Gasteiger charge is -2.12. The minimum absolute atomic E-state index is 0.0873. The van der Waals surface area contributed by atoms with E-state index in [1.54, 1.807) is 10.6 Å². The van der Waals surface area contributed by atoms with E-state index in [9.17, 15) is 10.1 Å². The molecule has 1 saturated carbocycles. The second kappa shape index (κ2) is 4.53. The molecule has 6 heteroatoms. The van der Waals surface area contributed by atoms with Gasteiger partial charge in [0.2, 0.25) is 0 Å². The number of fused-ring (bicyclic) bond motifs is 1. The summed E-state index contributed by atoms with van der Waals surface area (Å²) < 4.78 is 1.56. The van der Waals surface area contributed by atoms with Crippen LogP contribution in [0.3, 0.4) is 0 Å². The Bertz CT molecular complexity index is 618. The first-order valence-corrected chi connectivity index (χ1v) is 6.93. The highest BCUT2D eigenvalue weighted by molar-refractivity contribution is 7.15. The molecule has 0 bridgehead atoms. The molecule has 3 rings (SSSR count). The summed E-state index contributed by atoms with van der Waals surface area (Å²) in [5.41, 5.74) is 1.79. The molecule has 1 aliphatic rings. The fourth-order valence-corrected chi connectivity index (χ4v) is 3.13. The lowest BCUT2D eigenvalue weighted by Crippen LogP contribution is -1.96. The Morgan fingerprint density at radius 3 is 2.89 bits per heavy atom. The van der Waals surface area contributed by atoms with E-state index in [-0.39, 0.29) is 10.7 Å². The van der Waals surface area contributed by atoms with Crippen LogP contribution in [0.15, 0.2) is 17.2 Å². The first-order chi connectivity index (χ1) is 8.75. The largest absolute Gasteiger partial charge is 0.358 e. The van der Waals surface area contributed by atoms with Gasteiger partial charge in [-0.25, -0.2) is 0 Å². The number of thiazole rings is 1. The average Bonchev–Trinajstić information content (AvgIpc) is 2.89. The monoisotopic (exact) mass is 263 g/mol. The number of hydrogen-bond acceptors (Lipinski definition) is 4. The van der Waals surface area contributed by atoms with E-state index in [2.05, 4.69) is 4.98 Å². The zero-order valence-electron chi connectivity index (χ0n) is 9.83. The van der Waals surface area contributed by atoms with Gasteiger partial charge in [-0.15, -0.1) is 0 Å². The highest BCUT2D eigenvalue weighted by atomic mass is 32.1. The molecule has 2 heterocycles. The number of imidazole rings is 1. The molecule has 2 aromatic heterocycles. The van der Waals surface area contributed by atoms with Gasteiger partial charge in [0.1, 0.15) is 6.20 Å². The SMILES string of the molecule is O=[N+]([O-])c1c(C=C2CCCCC2)nc2sccn12. The van der Waals surface area contributed by atoms with Crippen molar-refractivity contribution in [3.63, 3.8) is 0 Å². The summed E-state index contributed by atoms with van der Waals surface area (Å²) in [7, 11) is 0. The normalized spacial score (nSPS) is 16.1. The van der Waals surface area contributed by atoms with Crippen LogP contribution in [-0.4, -0.2) is 14.3 Å². The van der Waals surface area contributed by atoms with Crippen molar-refractivity contribution < 1.29 is 4.92 Å². The molecule has 0 atom stereocenters. The van der Waals surface area contributed by atoms with Gasteiger partial charge >= 0.3 is 5.82 Å². The number of aromatic nitrogens is 2. The van der Waals surface area contributed by atoms with E-state index in [0.29, 0.717) is 10.7 Å². The van der Waals surface area contributed by atoms with Crippen molar-refractivity contribution >= 4 is 28.2 Å². The summed E-state index contributed by atoms with van der Waals surface area (Å²) in [5.74, 6) is 0.0873. The topological polar surface area (TPSA) is 60.4 Å². The molecule has 0 aromatic carbocycles. The predicted molar refractivity (Wildman–Crippen MR) is 70.8 cm³/mol. The molecule has 0 spiro atoms. The van der Waals surface area contributed by atoms with Gasteiger partial charge in [0.25, 0.3) is 4.96 Å². The van der Waals surface area contributed by atoms with Gasteiger partial charge in [0.05, 0.1) is 0 Å². The third kappa shape index (κ3) is 1.92. The first-order valence-electron chi connectivity index (χ1n) is 6.05. The highest BCUT2D eigenvalue weighted by Gasteiger charge is 2.22. The van der Waals surface area contributed by atoms with Crippen molar-refractivity contribution in [2.45, 2.75) is 32.1 Å². The van der Waals surface area contributed by atoms with Gasteiger partial charge in [-0.1, -0.05) is 23.3 Å². The zero-order chi connectivity index (χ0) is 12.5. The van der Waals surface area contributed by atoms with Crippen molar-refractivity contribution in [3.8, 4) is 0 Å². The van der Waals surface area contributed by atoms with Crippen LogP contribution in [0.4, 0.5) is 5.82 Å². The maximum atomic E-state index is 11.2. The Hall–Kier alpha value is -1.69. The summed E-state index contributed by atoms with van der Waals surface area (Å²) in [5, 5.41) is 13.0. The van der Waals surface area contributed by atoms with E-state index >= 15 is 0 Å². The Morgan fingerprint density at radius 1 is 1.39 bits per heavy atom. The van der Waals surface area contributed by atoms with Crippen LogP contribution in [0.2, 0.25) is 0 Å². The lowest BCUT2D eigenvalue weighted by atomic mass is 9.94. The van der Waals surface area contributed by atoms with Crippen molar-refractivity contribution in [3.05, 3.63) is 33.0 Å². The standard InChI is InChI=1S/C12H13N3O2S/c16-15(17)11-10(8-9-4-2-1-3-5-9)13-12-14(11)6-7-18-12/h6-8H,1-5H2. The number of nitro groups is 1. The molecule has 0 amide bonds. The van der Waals surface area contributed by atoms with Gasteiger partial charge in [0, 0.05) is 5.38 Å². The van der Waals surface area contributed by atoms with Crippen LogP contribution in [0.1, 0.15) is 37.8 Å². The van der Waals surface area contributed by atoms with Crippen LogP contribution >= 0.6 is 11.3 Å². The minimum atomic E-state index is -0.345. The molecule has 94 valence electrons. The van der Waals surface area contributed by atoms with Crippen molar-refractivity contribution in [1.29, 1.82) is 0 Å². The number of allylic oxidation sites excluding steroid dienone is 1. The minimum Gasteiger partial charge on any atom is -0.358 e. The Balaban J connectivity index is 2.07. The molecule has 0 saturated heterocycles. The van der Waals surface area contributed by atoms with Gasteiger partial charge in [-0.05, 0) is 36.7 Å². The molecule has 0 unspecified atom stereocenters. The van der Waals surface area contributed by atoms with Crippen LogP contribution in [0, 0.1) is 10.1 Å². The average molecular weight is 263 g/mol. The number of hydrogen-bond donors (Lipinski definition) is 0. The molecule has 1 aliphatic carbocycles. The Labute approximate surface area is 108 Å². The second-order valence-corrected chi connectivity index (χ2v) is 5.37. The highest BCUT2D eigenvalue weighted by Crippen LogP contribution is 2.29. The summed E-state index contributed by atoms with van der Waals surface area (Å²) in [6.07, 6.45) is 9.33. The fraction of sp³-hybridized carbons (Fsp3) is 0.417. The molecule has 18 heavy (non-hydrogen) atoms. The smallest absolute Gasteiger partial charge is 0.355 e. The van der Waals surface area contributed by atoms with E-state index in [0.717, 1.165) is 12.8 Å². The predicted octanol–water partition coefficient (Wildman–Crippen LogP) is 3.65. The van der Waals surface area contributed by atoms with Gasteiger partial charge in [-0.2, -0.15) is 9.38 Å². The number of rotatable bonds is 2. The van der Waals surface area contributed by atoms with Crippen molar-refractivity contribution in [2.75, 3.05) is 0 Å². The summed E-state index contributed by atoms with van der Waals surface area (Å²) in [6.45, 7) is 0. The summed E-state index contributed by atoms with van der Waals surface area (Å²) in [6, 6.07) is 0. The molecule has 2 aromatic rings. The molecule has 0 N–H and O–H groups in total. The van der Waals surface area contributed by atoms with E-state index in [1.807, 2.05) is 11.5 Å². The summed E-state index contributed by atoms with van der Waals surface area (Å²) >= 11 is 1.42. The Kier molecular flexibility index (Phi) is 2.87. The van der Waals surface area contributed by atoms with Crippen LogP contribution in [0.25, 0.3) is 11.0 Å². The van der Waals surface area contributed by atoms with Crippen molar-refractivity contribution in [2.24, 2.45) is 0 Å². The molecular weight excluding hydrogens is 250 g/mol. The summed E-state index contributed by atoms with van der Waals surface area (Å²) in [4.78, 5) is 15.8. The lowest BCUT2D eigenvalue weighted by molar-refractivity contribution is -0.390. The second-order valence-electron chi connectivity index (χ2n) is 4.50. The van der Waals surface area contributed by atoms with Gasteiger partial charge in [0.15, 0.2) is 5.69 Å². The van der Waals surface area contributed by atoms with Crippen LogP contribution < -0.4 is 0 Å². The zero-order valence-corrected chi connectivity index (χ0v) is 10.7. The fourth-order valence-electron chi connectivity index (χ4n) is 2.41. The van der Waals surface area contributed by atoms with Crippen molar-refractivity contribution in [1.82, 2.24) is 9.38 Å². The van der Waals surface area contributed by atoms with E-state index in [4.69, 9.17) is 0 Å². The third-order valence-corrected chi connectivity index (χ3v) is 4.03. The third-order valence-electron chi connectivity index (χ3n) is 3.27. The maximum absolute atomic E-state index is 11.2. The number of nitrogens with zero attached hydrogens (tertiary/aromatic N) is 3. The first kappa shape index (κ1) is 11.4. The quantitative estimate of drug-likeness (QED) is 0.613. The Morgan fingerprint density at radius 2 is 2.17 bits per heavy atom. The molecule has 0 radical (unpaired) electrons. The van der Waals surface area contributed by atoms with Gasteiger partial charge < -0.3 is 10.1 Å². The maximum Gasteiger partial charge on any atom is 0.355 e. The molecule has 1 fully saturated rings. The van der Waals surface area contributed by atoms with E-state index < -0.39 is 0 Å².